The summed E-state index contributed by atoms with van der Waals surface area (Å²) in [6.07, 6.45) is 5.23. The lowest BCUT2D eigenvalue weighted by atomic mass is 10.3. The maximum Gasteiger partial charge on any atom is 0.0522 e. The van der Waals surface area contributed by atoms with Gasteiger partial charge in [-0.15, -0.1) is 0 Å². The van der Waals surface area contributed by atoms with Gasteiger partial charge in [-0.2, -0.15) is 0 Å². The third kappa shape index (κ3) is 4.08. The van der Waals surface area contributed by atoms with Crippen molar-refractivity contribution in [2.75, 3.05) is 0 Å². The molecule has 11 heavy (non-hydrogen) atoms. The molecular weight excluding hydrogens is 138 g/mol. The minimum absolute atomic E-state index is 0.514. The van der Waals surface area contributed by atoms with Crippen LogP contribution in [0.3, 0.4) is 0 Å². The first-order chi connectivity index (χ1) is 5.07. The van der Waals surface area contributed by atoms with E-state index < -0.39 is 0 Å². The van der Waals surface area contributed by atoms with Gasteiger partial charge in [-0.3, -0.25) is 0 Å². The first-order valence-corrected chi connectivity index (χ1v) is 3.39. The lowest BCUT2D eigenvalue weighted by Gasteiger charge is -1.97. The second-order valence-electron chi connectivity index (χ2n) is 2.28. The van der Waals surface area contributed by atoms with E-state index >= 15 is 0 Å². The van der Waals surface area contributed by atoms with E-state index in [1.165, 1.54) is 0 Å². The van der Waals surface area contributed by atoms with E-state index in [2.05, 4.69) is 0 Å². The van der Waals surface area contributed by atoms with Gasteiger partial charge in [0.25, 0.3) is 0 Å². The van der Waals surface area contributed by atoms with Crippen LogP contribution in [0.1, 0.15) is 13.8 Å². The van der Waals surface area contributed by atoms with Crippen molar-refractivity contribution in [3.63, 3.8) is 0 Å². The highest BCUT2D eigenvalue weighted by Crippen LogP contribution is 1.95. The molecule has 0 aliphatic heterocycles. The van der Waals surface area contributed by atoms with Crippen LogP contribution in [0, 0.1) is 0 Å². The van der Waals surface area contributed by atoms with Crippen LogP contribution < -0.4 is 17.2 Å². The monoisotopic (exact) mass is 153 g/mol. The predicted molar refractivity (Wildman–Crippen MR) is 48.2 cm³/mol. The largest absolute Gasteiger partial charge is 0.401 e. The number of nitrogens with two attached hydrogens (primary N) is 3. The summed E-state index contributed by atoms with van der Waals surface area (Å²) < 4.78 is 0. The standard InChI is InChI=1S/C8H15N3/c1-3-4-7(10)5-8(11)6(2)9/h3-5H,9-11H2,1-2H3/b4-3-,7-5-,8-6-. The Kier molecular flexibility index (Phi) is 3.88. The minimum atomic E-state index is 0.514. The molecule has 0 rings (SSSR count). The fourth-order valence-electron chi connectivity index (χ4n) is 0.534. The van der Waals surface area contributed by atoms with E-state index in [9.17, 15) is 0 Å². The Morgan fingerprint density at radius 2 is 1.73 bits per heavy atom. The van der Waals surface area contributed by atoms with Crippen LogP contribution in [0.25, 0.3) is 0 Å². The van der Waals surface area contributed by atoms with E-state index in [1.807, 2.05) is 13.0 Å². The number of rotatable bonds is 2. The summed E-state index contributed by atoms with van der Waals surface area (Å²) in [5.74, 6) is 0. The number of allylic oxidation sites excluding steroid dienone is 4. The molecule has 0 atom stereocenters. The fraction of sp³-hybridized carbons (Fsp3) is 0.250. The Balaban J connectivity index is 4.44. The topological polar surface area (TPSA) is 78.1 Å². The van der Waals surface area contributed by atoms with E-state index in [1.54, 1.807) is 19.1 Å². The Bertz CT molecular complexity index is 207. The van der Waals surface area contributed by atoms with E-state index in [4.69, 9.17) is 17.2 Å². The lowest BCUT2D eigenvalue weighted by Crippen LogP contribution is -2.06. The lowest BCUT2D eigenvalue weighted by molar-refractivity contribution is 1.20. The van der Waals surface area contributed by atoms with Crippen LogP contribution in [0.4, 0.5) is 0 Å². The average molecular weight is 153 g/mol. The maximum absolute atomic E-state index is 5.53. The van der Waals surface area contributed by atoms with Crippen LogP contribution >= 0.6 is 0 Å². The van der Waals surface area contributed by atoms with Crippen molar-refractivity contribution < 1.29 is 0 Å². The quantitative estimate of drug-likeness (QED) is 0.507. The van der Waals surface area contributed by atoms with Crippen LogP contribution in [0.5, 0.6) is 0 Å². The molecule has 0 saturated carbocycles. The molecule has 0 spiro atoms. The molecule has 0 radical (unpaired) electrons. The molecule has 62 valence electrons. The SMILES string of the molecule is C\C=C/C(N)=C/C(N)=C(\C)N. The van der Waals surface area contributed by atoms with Gasteiger partial charge in [0.1, 0.15) is 0 Å². The molecule has 0 unspecified atom stereocenters. The zero-order chi connectivity index (χ0) is 8.85. The molecule has 0 saturated heterocycles. The molecule has 3 nitrogen and oxygen atoms in total. The molecule has 3 heteroatoms. The maximum atomic E-state index is 5.53. The molecular formula is C8H15N3. The third-order valence-corrected chi connectivity index (χ3v) is 1.14. The highest BCUT2D eigenvalue weighted by Gasteiger charge is 1.88. The van der Waals surface area contributed by atoms with Crippen molar-refractivity contribution in [2.24, 2.45) is 17.2 Å². The minimum Gasteiger partial charge on any atom is -0.401 e. The predicted octanol–water partition coefficient (Wildman–Crippen LogP) is 0.554. The molecule has 0 aromatic carbocycles. The molecule has 0 heterocycles. The summed E-state index contributed by atoms with van der Waals surface area (Å²) in [5.41, 5.74) is 18.2. The van der Waals surface area contributed by atoms with Crippen molar-refractivity contribution in [3.05, 3.63) is 35.3 Å². The van der Waals surface area contributed by atoms with Gasteiger partial charge in [0.2, 0.25) is 0 Å². The van der Waals surface area contributed by atoms with Crippen molar-refractivity contribution >= 4 is 0 Å². The average Bonchev–Trinajstić information content (AvgIpc) is 1.87. The Morgan fingerprint density at radius 1 is 1.18 bits per heavy atom. The van der Waals surface area contributed by atoms with Gasteiger partial charge in [-0.25, -0.2) is 0 Å². The molecule has 0 aliphatic carbocycles. The molecule has 0 aromatic heterocycles. The third-order valence-electron chi connectivity index (χ3n) is 1.14. The Labute approximate surface area is 67.2 Å². The van der Waals surface area contributed by atoms with Crippen LogP contribution in [-0.2, 0) is 0 Å². The Hall–Kier alpha value is -1.38. The van der Waals surface area contributed by atoms with Gasteiger partial charge in [-0.05, 0) is 26.0 Å². The molecule has 0 bridgehead atoms. The molecule has 0 aliphatic rings. The molecule has 0 fully saturated rings. The van der Waals surface area contributed by atoms with Crippen molar-refractivity contribution in [3.8, 4) is 0 Å². The number of hydrogen-bond acceptors (Lipinski definition) is 3. The van der Waals surface area contributed by atoms with Crippen molar-refractivity contribution in [1.29, 1.82) is 0 Å². The normalized spacial score (nSPS) is 15.3. The van der Waals surface area contributed by atoms with Crippen LogP contribution in [-0.4, -0.2) is 0 Å². The van der Waals surface area contributed by atoms with Gasteiger partial charge in [-0.1, -0.05) is 6.08 Å². The van der Waals surface area contributed by atoms with E-state index in [-0.39, 0.29) is 0 Å². The summed E-state index contributed by atoms with van der Waals surface area (Å²) in [4.78, 5) is 0. The zero-order valence-electron chi connectivity index (χ0n) is 6.96. The molecule has 0 amide bonds. The zero-order valence-corrected chi connectivity index (χ0v) is 6.96. The Morgan fingerprint density at radius 3 is 2.09 bits per heavy atom. The smallest absolute Gasteiger partial charge is 0.0522 e. The summed E-state index contributed by atoms with van der Waals surface area (Å²) in [5, 5.41) is 0. The number of hydrogen-bond donors (Lipinski definition) is 3. The molecule has 6 N–H and O–H groups in total. The van der Waals surface area contributed by atoms with Gasteiger partial charge in [0.15, 0.2) is 0 Å². The van der Waals surface area contributed by atoms with Crippen LogP contribution in [0.15, 0.2) is 35.3 Å². The van der Waals surface area contributed by atoms with Crippen molar-refractivity contribution in [2.45, 2.75) is 13.8 Å². The first-order valence-electron chi connectivity index (χ1n) is 3.39. The van der Waals surface area contributed by atoms with E-state index in [0.29, 0.717) is 17.1 Å². The van der Waals surface area contributed by atoms with Crippen LogP contribution in [0.2, 0.25) is 0 Å². The summed E-state index contributed by atoms with van der Waals surface area (Å²) >= 11 is 0. The highest BCUT2D eigenvalue weighted by molar-refractivity contribution is 5.27. The van der Waals surface area contributed by atoms with Crippen molar-refractivity contribution in [1.82, 2.24) is 0 Å². The van der Waals surface area contributed by atoms with Gasteiger partial charge in [0.05, 0.1) is 5.70 Å². The first kappa shape index (κ1) is 9.62. The summed E-state index contributed by atoms with van der Waals surface area (Å²) in [7, 11) is 0. The van der Waals surface area contributed by atoms with Gasteiger partial charge >= 0.3 is 0 Å². The van der Waals surface area contributed by atoms with Gasteiger partial charge in [0, 0.05) is 11.4 Å². The second-order valence-corrected chi connectivity index (χ2v) is 2.28. The van der Waals surface area contributed by atoms with Gasteiger partial charge < -0.3 is 17.2 Å². The summed E-state index contributed by atoms with van der Waals surface area (Å²) in [6.45, 7) is 3.62. The second kappa shape index (κ2) is 4.44. The molecule has 0 aromatic rings. The van der Waals surface area contributed by atoms with E-state index in [0.717, 1.165) is 0 Å². The fourth-order valence-corrected chi connectivity index (χ4v) is 0.534. The summed E-state index contributed by atoms with van der Waals surface area (Å²) in [6, 6.07) is 0. The highest BCUT2D eigenvalue weighted by atomic mass is 14.7.